The van der Waals surface area contributed by atoms with E-state index in [4.69, 9.17) is 13.8 Å². The molecule has 2 N–H and O–H groups in total. The fraction of sp³-hybridized carbons (Fsp3) is 0.636. The molecular formula is C22H30N4O5. The Balaban J connectivity index is 1.46. The van der Waals surface area contributed by atoms with Crippen molar-refractivity contribution in [1.29, 1.82) is 0 Å². The number of nitrogens with zero attached hydrogens (tertiary/aromatic N) is 2. The predicted octanol–water partition coefficient (Wildman–Crippen LogP) is 3.43. The van der Waals surface area contributed by atoms with Crippen LogP contribution in [0.1, 0.15) is 73.1 Å². The Hall–Kier alpha value is -2.68. The first kappa shape index (κ1) is 21.5. The number of aryl methyl sites for hydroxylation is 1. The summed E-state index contributed by atoms with van der Waals surface area (Å²) in [7, 11) is 0. The first-order chi connectivity index (χ1) is 15.0. The average Bonchev–Trinajstić information content (AvgIpc) is 3.42. The van der Waals surface area contributed by atoms with Crippen LogP contribution in [0.2, 0.25) is 0 Å². The number of carbonyl (C=O) groups excluding carboxylic acids is 2. The number of rotatable bonds is 6. The Morgan fingerprint density at radius 2 is 1.84 bits per heavy atom. The van der Waals surface area contributed by atoms with E-state index in [1.807, 2.05) is 0 Å². The largest absolute Gasteiger partial charge is 0.381 e. The molecule has 2 aliphatic rings. The van der Waals surface area contributed by atoms with Crippen molar-refractivity contribution in [3.8, 4) is 0 Å². The third-order valence-corrected chi connectivity index (χ3v) is 6.51. The summed E-state index contributed by atoms with van der Waals surface area (Å²) in [5.41, 5.74) is 1.65. The minimum absolute atomic E-state index is 0.0539. The van der Waals surface area contributed by atoms with E-state index in [-0.39, 0.29) is 23.7 Å². The molecule has 9 heteroatoms. The van der Waals surface area contributed by atoms with E-state index in [0.717, 1.165) is 44.2 Å². The lowest BCUT2D eigenvalue weighted by Gasteiger charge is -2.32. The zero-order valence-corrected chi connectivity index (χ0v) is 18.1. The van der Waals surface area contributed by atoms with Gasteiger partial charge in [-0.3, -0.25) is 14.9 Å². The second-order valence-electron chi connectivity index (χ2n) is 8.78. The van der Waals surface area contributed by atoms with Gasteiger partial charge in [0.25, 0.3) is 5.91 Å². The quantitative estimate of drug-likeness (QED) is 0.720. The number of nitrogens with one attached hydrogen (secondary N) is 2. The number of hydrogen-bond acceptors (Lipinski definition) is 7. The minimum Gasteiger partial charge on any atom is -0.381 e. The first-order valence-electron chi connectivity index (χ1n) is 11.1. The van der Waals surface area contributed by atoms with Gasteiger partial charge in [-0.1, -0.05) is 30.1 Å². The second kappa shape index (κ2) is 9.64. The molecule has 2 aromatic heterocycles. The Morgan fingerprint density at radius 1 is 1.10 bits per heavy atom. The second-order valence-corrected chi connectivity index (χ2v) is 8.78. The van der Waals surface area contributed by atoms with Crippen LogP contribution in [0.5, 0.6) is 0 Å². The molecule has 31 heavy (non-hydrogen) atoms. The molecule has 2 fully saturated rings. The van der Waals surface area contributed by atoms with Crippen LogP contribution in [0.15, 0.2) is 21.4 Å². The summed E-state index contributed by atoms with van der Waals surface area (Å²) in [6, 6.07) is 1.10. The molecule has 2 amide bonds. The van der Waals surface area contributed by atoms with Gasteiger partial charge in [-0.25, -0.2) is 0 Å². The summed E-state index contributed by atoms with van der Waals surface area (Å²) >= 11 is 0. The van der Waals surface area contributed by atoms with Crippen molar-refractivity contribution in [3.05, 3.63) is 29.3 Å². The van der Waals surface area contributed by atoms with E-state index < -0.39 is 6.04 Å². The standard InChI is InChI=1S/C22H30N4O5/c1-13-3-5-16(6-4-13)20(24-21(27)17-12-30-25-14(17)2)22(28)23-19-11-18(26-31-19)15-7-9-29-10-8-15/h11-13,15-16,20H,3-10H2,1-2H3,(H,23,28)(H,24,27)/t13?,16?,20-/m0/s1. The van der Waals surface area contributed by atoms with E-state index in [9.17, 15) is 9.59 Å². The van der Waals surface area contributed by atoms with Crippen molar-refractivity contribution in [1.82, 2.24) is 15.6 Å². The fourth-order valence-electron chi connectivity index (χ4n) is 4.48. The summed E-state index contributed by atoms with van der Waals surface area (Å²) in [5, 5.41) is 13.6. The van der Waals surface area contributed by atoms with Crippen molar-refractivity contribution in [2.75, 3.05) is 18.5 Å². The van der Waals surface area contributed by atoms with Crippen LogP contribution in [0.3, 0.4) is 0 Å². The maximum absolute atomic E-state index is 13.2. The van der Waals surface area contributed by atoms with Gasteiger partial charge in [-0.15, -0.1) is 0 Å². The molecule has 1 atom stereocenters. The zero-order valence-electron chi connectivity index (χ0n) is 18.1. The molecule has 0 bridgehead atoms. The monoisotopic (exact) mass is 430 g/mol. The third-order valence-electron chi connectivity index (χ3n) is 6.51. The van der Waals surface area contributed by atoms with Gasteiger partial charge in [-0.05, 0) is 44.4 Å². The zero-order chi connectivity index (χ0) is 21.8. The van der Waals surface area contributed by atoms with E-state index in [1.165, 1.54) is 6.26 Å². The number of aromatic nitrogens is 2. The van der Waals surface area contributed by atoms with Gasteiger partial charge in [0.1, 0.15) is 17.9 Å². The van der Waals surface area contributed by atoms with Crippen LogP contribution in [0.4, 0.5) is 5.88 Å². The molecule has 2 aromatic rings. The molecule has 0 unspecified atom stereocenters. The van der Waals surface area contributed by atoms with Crippen molar-refractivity contribution in [2.24, 2.45) is 11.8 Å². The molecule has 1 saturated carbocycles. The maximum Gasteiger partial charge on any atom is 0.257 e. The summed E-state index contributed by atoms with van der Waals surface area (Å²) in [5.74, 6) is 0.603. The van der Waals surface area contributed by atoms with Gasteiger partial charge >= 0.3 is 0 Å². The van der Waals surface area contributed by atoms with Crippen LogP contribution in [-0.4, -0.2) is 41.4 Å². The van der Waals surface area contributed by atoms with E-state index in [1.54, 1.807) is 13.0 Å². The molecule has 0 spiro atoms. The summed E-state index contributed by atoms with van der Waals surface area (Å²) < 4.78 is 15.7. The highest BCUT2D eigenvalue weighted by atomic mass is 16.5. The first-order valence-corrected chi connectivity index (χ1v) is 11.1. The minimum atomic E-state index is -0.675. The van der Waals surface area contributed by atoms with Crippen molar-refractivity contribution in [3.63, 3.8) is 0 Å². The van der Waals surface area contributed by atoms with Crippen LogP contribution in [0, 0.1) is 18.8 Å². The lowest BCUT2D eigenvalue weighted by Crippen LogP contribution is -2.49. The van der Waals surface area contributed by atoms with E-state index in [2.05, 4.69) is 27.9 Å². The van der Waals surface area contributed by atoms with Crippen molar-refractivity contribution < 1.29 is 23.4 Å². The molecule has 1 aliphatic heterocycles. The Bertz CT molecular complexity index is 893. The molecule has 0 aromatic carbocycles. The number of carbonyl (C=O) groups is 2. The highest BCUT2D eigenvalue weighted by molar-refractivity contribution is 6.01. The van der Waals surface area contributed by atoms with Crippen LogP contribution in [-0.2, 0) is 9.53 Å². The van der Waals surface area contributed by atoms with Gasteiger partial charge in [0.2, 0.25) is 11.8 Å². The average molecular weight is 431 g/mol. The third kappa shape index (κ3) is 5.15. The number of anilines is 1. The maximum atomic E-state index is 13.2. The SMILES string of the molecule is Cc1nocc1C(=O)N[C@H](C(=O)Nc1cc(C2CCOCC2)no1)C1CCC(C)CC1. The molecular weight excluding hydrogens is 400 g/mol. The van der Waals surface area contributed by atoms with Crippen molar-refractivity contribution >= 4 is 17.7 Å². The normalized spacial score (nSPS) is 23.3. The van der Waals surface area contributed by atoms with Crippen LogP contribution >= 0.6 is 0 Å². The molecule has 168 valence electrons. The van der Waals surface area contributed by atoms with Crippen molar-refractivity contribution in [2.45, 2.75) is 64.3 Å². The molecule has 9 nitrogen and oxygen atoms in total. The fourth-order valence-corrected chi connectivity index (χ4v) is 4.48. The summed E-state index contributed by atoms with van der Waals surface area (Å²) in [4.78, 5) is 26.0. The highest BCUT2D eigenvalue weighted by Crippen LogP contribution is 2.32. The number of amides is 2. The molecule has 1 aliphatic carbocycles. The Kier molecular flexibility index (Phi) is 6.70. The molecule has 4 rings (SSSR count). The predicted molar refractivity (Wildman–Crippen MR) is 112 cm³/mol. The number of hydrogen-bond donors (Lipinski definition) is 2. The highest BCUT2D eigenvalue weighted by Gasteiger charge is 2.34. The lowest BCUT2D eigenvalue weighted by atomic mass is 9.79. The Labute approximate surface area is 181 Å². The number of ether oxygens (including phenoxy) is 1. The smallest absolute Gasteiger partial charge is 0.257 e. The summed E-state index contributed by atoms with van der Waals surface area (Å²) in [6.45, 7) is 5.32. The summed E-state index contributed by atoms with van der Waals surface area (Å²) in [6.07, 6.45) is 6.91. The molecule has 3 heterocycles. The lowest BCUT2D eigenvalue weighted by molar-refractivity contribution is -0.119. The van der Waals surface area contributed by atoms with Crippen LogP contribution < -0.4 is 10.6 Å². The van der Waals surface area contributed by atoms with Gasteiger partial charge in [0, 0.05) is 25.2 Å². The molecule has 0 radical (unpaired) electrons. The van der Waals surface area contributed by atoms with E-state index in [0.29, 0.717) is 36.3 Å². The topological polar surface area (TPSA) is 119 Å². The van der Waals surface area contributed by atoms with Crippen LogP contribution in [0.25, 0.3) is 0 Å². The van der Waals surface area contributed by atoms with Gasteiger partial charge < -0.3 is 19.1 Å². The van der Waals surface area contributed by atoms with Gasteiger partial charge in [0.05, 0.1) is 11.4 Å². The Morgan fingerprint density at radius 3 is 2.52 bits per heavy atom. The van der Waals surface area contributed by atoms with Gasteiger partial charge in [-0.2, -0.15) is 0 Å². The van der Waals surface area contributed by atoms with E-state index >= 15 is 0 Å². The van der Waals surface area contributed by atoms with Gasteiger partial charge in [0.15, 0.2) is 0 Å². The molecule has 1 saturated heterocycles.